The van der Waals surface area contributed by atoms with E-state index in [0.29, 0.717) is 5.69 Å². The third-order valence-electron chi connectivity index (χ3n) is 1.36. The molecule has 0 saturated carbocycles. The largest absolute Gasteiger partial charge is 0.323 e. The maximum absolute atomic E-state index is 11.0. The van der Waals surface area contributed by atoms with Crippen molar-refractivity contribution in [1.82, 2.24) is 0 Å². The van der Waals surface area contributed by atoms with Crippen molar-refractivity contribution >= 4 is 27.5 Å². The second-order valence-corrected chi connectivity index (χ2v) is 3.19. The van der Waals surface area contributed by atoms with E-state index >= 15 is 0 Å². The molecule has 0 heterocycles. The number of carbonyl (C=O) groups excluding carboxylic acids is 1. The third kappa shape index (κ3) is 3.14. The first-order valence-electron chi connectivity index (χ1n) is 3.60. The molecule has 70 valence electrons. The molecule has 1 aromatic carbocycles. The van der Waals surface area contributed by atoms with E-state index in [0.717, 1.165) is 4.47 Å². The van der Waals surface area contributed by atoms with Crippen molar-refractivity contribution in [3.8, 4) is 0 Å². The molecule has 3 N–H and O–H groups in total. The van der Waals surface area contributed by atoms with Gasteiger partial charge in [0.05, 0.1) is 5.69 Å². The van der Waals surface area contributed by atoms with Crippen LogP contribution in [0.3, 0.4) is 0 Å². The number of hydrogen-bond acceptors (Lipinski definition) is 3. The van der Waals surface area contributed by atoms with Crippen LogP contribution in [0.2, 0.25) is 0 Å². The Kier molecular flexibility index (Phi) is 3.88. The van der Waals surface area contributed by atoms with Crippen LogP contribution in [0.4, 0.5) is 5.69 Å². The molecular weight excluding hydrogens is 236 g/mol. The fourth-order valence-corrected chi connectivity index (χ4v) is 1.21. The summed E-state index contributed by atoms with van der Waals surface area (Å²) in [4.78, 5) is 15.2. The lowest BCUT2D eigenvalue weighted by Gasteiger charge is -2.05. The summed E-state index contributed by atoms with van der Waals surface area (Å²) in [7, 11) is 0. The predicted octanol–water partition coefficient (Wildman–Crippen LogP) is 1.28. The predicted molar refractivity (Wildman–Crippen MR) is 52.9 cm³/mol. The topological polar surface area (TPSA) is 64.3 Å². The number of nitrogens with one attached hydrogen (secondary N) is 1. The number of benzene rings is 1. The Morgan fingerprint density at radius 3 is 2.85 bits per heavy atom. The summed E-state index contributed by atoms with van der Waals surface area (Å²) in [5.41, 5.74) is 0.699. The normalized spacial score (nSPS) is 9.69. The molecule has 13 heavy (non-hydrogen) atoms. The van der Waals surface area contributed by atoms with Crippen LogP contribution in [0.5, 0.6) is 0 Å². The van der Waals surface area contributed by atoms with Crippen LogP contribution in [0.1, 0.15) is 0 Å². The maximum Gasteiger partial charge on any atom is 0.252 e. The van der Waals surface area contributed by atoms with Crippen LogP contribution < -0.4 is 11.2 Å². The van der Waals surface area contributed by atoms with Crippen LogP contribution in [-0.4, -0.2) is 12.5 Å². The van der Waals surface area contributed by atoms with Crippen molar-refractivity contribution in [2.24, 2.45) is 5.90 Å². The van der Waals surface area contributed by atoms with Crippen LogP contribution >= 0.6 is 15.9 Å². The van der Waals surface area contributed by atoms with Crippen LogP contribution in [0, 0.1) is 0 Å². The fourth-order valence-electron chi connectivity index (χ4n) is 0.825. The van der Waals surface area contributed by atoms with Gasteiger partial charge in [0.15, 0.2) is 0 Å². The second-order valence-electron chi connectivity index (χ2n) is 2.34. The number of para-hydroxylation sites is 1. The van der Waals surface area contributed by atoms with E-state index in [4.69, 9.17) is 5.90 Å². The molecule has 0 bridgehead atoms. The minimum Gasteiger partial charge on any atom is -0.323 e. The SMILES string of the molecule is NOCC(=O)Nc1ccccc1Br. The van der Waals surface area contributed by atoms with Gasteiger partial charge in [-0.05, 0) is 28.1 Å². The number of nitrogens with two attached hydrogens (primary N) is 1. The first-order chi connectivity index (χ1) is 6.24. The van der Waals surface area contributed by atoms with Gasteiger partial charge in [0, 0.05) is 4.47 Å². The van der Waals surface area contributed by atoms with Crippen molar-refractivity contribution in [3.63, 3.8) is 0 Å². The molecule has 0 aliphatic carbocycles. The summed E-state index contributed by atoms with van der Waals surface area (Å²) in [5.74, 6) is 4.47. The first kappa shape index (κ1) is 10.2. The van der Waals surface area contributed by atoms with Crippen molar-refractivity contribution in [2.75, 3.05) is 11.9 Å². The van der Waals surface area contributed by atoms with E-state index in [1.54, 1.807) is 6.07 Å². The van der Waals surface area contributed by atoms with Crippen molar-refractivity contribution in [2.45, 2.75) is 0 Å². The fraction of sp³-hybridized carbons (Fsp3) is 0.125. The molecule has 0 unspecified atom stereocenters. The van der Waals surface area contributed by atoms with Gasteiger partial charge in [-0.2, -0.15) is 0 Å². The van der Waals surface area contributed by atoms with Gasteiger partial charge in [0.1, 0.15) is 6.61 Å². The maximum atomic E-state index is 11.0. The van der Waals surface area contributed by atoms with Crippen molar-refractivity contribution < 1.29 is 9.63 Å². The second kappa shape index (κ2) is 4.96. The molecule has 0 atom stereocenters. The van der Waals surface area contributed by atoms with Crippen LogP contribution in [0.25, 0.3) is 0 Å². The summed E-state index contributed by atoms with van der Waals surface area (Å²) < 4.78 is 0.820. The highest BCUT2D eigenvalue weighted by atomic mass is 79.9. The lowest BCUT2D eigenvalue weighted by atomic mass is 10.3. The Balaban J connectivity index is 2.63. The van der Waals surface area contributed by atoms with Crippen LogP contribution in [-0.2, 0) is 9.63 Å². The van der Waals surface area contributed by atoms with Crippen molar-refractivity contribution in [1.29, 1.82) is 0 Å². The average Bonchev–Trinajstić information content (AvgIpc) is 2.09. The van der Waals surface area contributed by atoms with E-state index in [1.165, 1.54) is 0 Å². The minimum atomic E-state index is -0.283. The van der Waals surface area contributed by atoms with Gasteiger partial charge in [0.25, 0.3) is 5.91 Å². The molecule has 5 heteroatoms. The van der Waals surface area contributed by atoms with Gasteiger partial charge in [-0.25, -0.2) is 5.90 Å². The Bertz CT molecular complexity index is 304. The Morgan fingerprint density at radius 1 is 1.54 bits per heavy atom. The molecular formula is C8H9BrN2O2. The standard InChI is InChI=1S/C8H9BrN2O2/c9-6-3-1-2-4-7(6)11-8(12)5-13-10/h1-4H,5,10H2,(H,11,12). The lowest BCUT2D eigenvalue weighted by Crippen LogP contribution is -2.20. The third-order valence-corrected chi connectivity index (χ3v) is 2.05. The molecule has 0 spiro atoms. The van der Waals surface area contributed by atoms with Gasteiger partial charge in [-0.3, -0.25) is 9.63 Å². The zero-order chi connectivity index (χ0) is 9.68. The van der Waals surface area contributed by atoms with E-state index in [9.17, 15) is 4.79 Å². The molecule has 0 aliphatic rings. The van der Waals surface area contributed by atoms with E-state index < -0.39 is 0 Å². The molecule has 0 aliphatic heterocycles. The first-order valence-corrected chi connectivity index (χ1v) is 4.39. The molecule has 1 amide bonds. The molecule has 1 rings (SSSR count). The van der Waals surface area contributed by atoms with Gasteiger partial charge in [-0.15, -0.1) is 0 Å². The smallest absolute Gasteiger partial charge is 0.252 e. The quantitative estimate of drug-likeness (QED) is 0.788. The highest BCUT2D eigenvalue weighted by Crippen LogP contribution is 2.20. The summed E-state index contributed by atoms with van der Waals surface area (Å²) in [6.45, 7) is -0.151. The van der Waals surface area contributed by atoms with Gasteiger partial charge in [0.2, 0.25) is 0 Å². The number of hydrogen-bond donors (Lipinski definition) is 2. The zero-order valence-corrected chi connectivity index (χ0v) is 8.37. The Morgan fingerprint density at radius 2 is 2.23 bits per heavy atom. The Labute approximate surface area is 84.1 Å². The molecule has 0 saturated heterocycles. The van der Waals surface area contributed by atoms with E-state index in [2.05, 4.69) is 26.1 Å². The number of anilines is 1. The van der Waals surface area contributed by atoms with Crippen molar-refractivity contribution in [3.05, 3.63) is 28.7 Å². The monoisotopic (exact) mass is 244 g/mol. The highest BCUT2D eigenvalue weighted by Gasteiger charge is 2.03. The summed E-state index contributed by atoms with van der Waals surface area (Å²) in [6, 6.07) is 7.29. The summed E-state index contributed by atoms with van der Waals surface area (Å²) in [5, 5.41) is 2.62. The van der Waals surface area contributed by atoms with Gasteiger partial charge in [-0.1, -0.05) is 12.1 Å². The zero-order valence-electron chi connectivity index (χ0n) is 6.79. The van der Waals surface area contributed by atoms with E-state index in [-0.39, 0.29) is 12.5 Å². The number of amides is 1. The number of carbonyl (C=O) groups is 1. The van der Waals surface area contributed by atoms with E-state index in [1.807, 2.05) is 18.2 Å². The number of halogens is 1. The molecule has 0 fully saturated rings. The molecule has 0 aromatic heterocycles. The summed E-state index contributed by atoms with van der Waals surface area (Å²) in [6.07, 6.45) is 0. The van der Waals surface area contributed by atoms with Gasteiger partial charge < -0.3 is 5.32 Å². The number of rotatable bonds is 3. The molecule has 1 aromatic rings. The molecule has 4 nitrogen and oxygen atoms in total. The summed E-state index contributed by atoms with van der Waals surface area (Å²) >= 11 is 3.29. The molecule has 0 radical (unpaired) electrons. The Hall–Kier alpha value is -0.910. The van der Waals surface area contributed by atoms with Gasteiger partial charge >= 0.3 is 0 Å². The minimum absolute atomic E-state index is 0.151. The lowest BCUT2D eigenvalue weighted by molar-refractivity contribution is -0.120. The highest BCUT2D eigenvalue weighted by molar-refractivity contribution is 9.10. The average molecular weight is 245 g/mol. The van der Waals surface area contributed by atoms with Crippen LogP contribution in [0.15, 0.2) is 28.7 Å².